The molecule has 2 fully saturated rings. The summed E-state index contributed by atoms with van der Waals surface area (Å²) in [5, 5.41) is 9.71. The number of benzene rings is 1. The van der Waals surface area contributed by atoms with E-state index in [9.17, 15) is 18.3 Å². The van der Waals surface area contributed by atoms with Gasteiger partial charge in [-0.2, -0.15) is 0 Å². The van der Waals surface area contributed by atoms with Crippen LogP contribution in [0.15, 0.2) is 24.3 Å². The van der Waals surface area contributed by atoms with E-state index in [0.29, 0.717) is 24.6 Å². The smallest absolute Gasteiger partial charge is 0.405 e. The largest absolute Gasteiger partial charge is 0.573 e. The molecule has 2 aliphatic rings. The zero-order chi connectivity index (χ0) is 18.6. The summed E-state index contributed by atoms with van der Waals surface area (Å²) in [6.07, 6.45) is -4.70. The summed E-state index contributed by atoms with van der Waals surface area (Å²) in [6, 6.07) is 6.24. The van der Waals surface area contributed by atoms with Crippen LogP contribution in [0, 0.1) is 11.8 Å². The van der Waals surface area contributed by atoms with E-state index in [2.05, 4.69) is 14.5 Å². The maximum atomic E-state index is 12.6. The molecule has 2 aliphatic heterocycles. The predicted octanol–water partition coefficient (Wildman–Crippen LogP) is 1.96. The van der Waals surface area contributed by atoms with Gasteiger partial charge in [0.1, 0.15) is 5.75 Å². The Morgan fingerprint density at radius 3 is 2.46 bits per heavy atom. The van der Waals surface area contributed by atoms with Crippen molar-refractivity contribution in [1.82, 2.24) is 9.80 Å². The van der Waals surface area contributed by atoms with Crippen LogP contribution in [0.5, 0.6) is 5.75 Å². The van der Waals surface area contributed by atoms with Crippen molar-refractivity contribution in [2.45, 2.75) is 12.9 Å². The van der Waals surface area contributed by atoms with Crippen molar-refractivity contribution >= 4 is 0 Å². The first-order valence-electron chi connectivity index (χ1n) is 8.91. The second-order valence-corrected chi connectivity index (χ2v) is 6.97. The first kappa shape index (κ1) is 19.4. The first-order valence-corrected chi connectivity index (χ1v) is 8.91. The molecule has 5 nitrogen and oxygen atoms in total. The second kappa shape index (κ2) is 8.56. The van der Waals surface area contributed by atoms with Gasteiger partial charge >= 0.3 is 6.36 Å². The van der Waals surface area contributed by atoms with Crippen LogP contribution in [-0.2, 0) is 11.3 Å². The highest BCUT2D eigenvalue weighted by molar-refractivity contribution is 5.33. The molecule has 0 bridgehead atoms. The fourth-order valence-electron chi connectivity index (χ4n) is 3.79. The van der Waals surface area contributed by atoms with Crippen LogP contribution in [0.3, 0.4) is 0 Å². The molecule has 2 saturated heterocycles. The molecular weight excluding hydrogens is 349 g/mol. The molecule has 0 radical (unpaired) electrons. The Hall–Kier alpha value is -1.35. The predicted molar refractivity (Wildman–Crippen MR) is 89.7 cm³/mol. The Labute approximate surface area is 151 Å². The SMILES string of the molecule is OC[C@@H]1CN(Cc2ccccc2OC(F)(F)F)C[C@@H]1CN1CCOCC1. The Bertz CT molecular complexity index is 579. The summed E-state index contributed by atoms with van der Waals surface area (Å²) in [5.41, 5.74) is 0.508. The molecule has 2 heterocycles. The lowest BCUT2D eigenvalue weighted by atomic mass is 9.96. The fourth-order valence-corrected chi connectivity index (χ4v) is 3.79. The van der Waals surface area contributed by atoms with Crippen molar-refractivity contribution < 1.29 is 27.8 Å². The Morgan fingerprint density at radius 1 is 1.08 bits per heavy atom. The van der Waals surface area contributed by atoms with Gasteiger partial charge in [0.15, 0.2) is 0 Å². The van der Waals surface area contributed by atoms with Crippen LogP contribution in [0.1, 0.15) is 5.56 Å². The van der Waals surface area contributed by atoms with Crippen LogP contribution in [0.2, 0.25) is 0 Å². The number of aliphatic hydroxyl groups excluding tert-OH is 1. The Balaban J connectivity index is 1.62. The molecule has 0 saturated carbocycles. The van der Waals surface area contributed by atoms with Gasteiger partial charge in [0.2, 0.25) is 0 Å². The zero-order valence-electron chi connectivity index (χ0n) is 14.6. The third kappa shape index (κ3) is 5.33. The van der Waals surface area contributed by atoms with Gasteiger partial charge in [0, 0.05) is 51.4 Å². The van der Waals surface area contributed by atoms with Crippen molar-refractivity contribution in [3.8, 4) is 5.75 Å². The number of para-hydroxylation sites is 1. The number of hydrogen-bond donors (Lipinski definition) is 1. The maximum absolute atomic E-state index is 12.6. The van der Waals surface area contributed by atoms with Gasteiger partial charge in [0.25, 0.3) is 0 Å². The van der Waals surface area contributed by atoms with E-state index in [1.165, 1.54) is 12.1 Å². The Kier molecular flexibility index (Phi) is 6.39. The summed E-state index contributed by atoms with van der Waals surface area (Å²) < 4.78 is 47.3. The minimum absolute atomic E-state index is 0.0895. The highest BCUT2D eigenvalue weighted by Gasteiger charge is 2.35. The van der Waals surface area contributed by atoms with E-state index in [1.54, 1.807) is 12.1 Å². The van der Waals surface area contributed by atoms with E-state index in [1.807, 2.05) is 0 Å². The summed E-state index contributed by atoms with van der Waals surface area (Å²) in [5.74, 6) is 0.277. The normalized spacial score (nSPS) is 25.5. The lowest BCUT2D eigenvalue weighted by Gasteiger charge is -2.30. The van der Waals surface area contributed by atoms with E-state index in [-0.39, 0.29) is 18.3 Å². The summed E-state index contributed by atoms with van der Waals surface area (Å²) in [6.45, 7) is 5.99. The second-order valence-electron chi connectivity index (χ2n) is 6.97. The highest BCUT2D eigenvalue weighted by Crippen LogP contribution is 2.30. The third-order valence-electron chi connectivity index (χ3n) is 5.08. The molecule has 2 atom stereocenters. The molecule has 1 aromatic rings. The average Bonchev–Trinajstić information content (AvgIpc) is 2.98. The average molecular weight is 374 g/mol. The van der Waals surface area contributed by atoms with Crippen molar-refractivity contribution in [3.63, 3.8) is 0 Å². The van der Waals surface area contributed by atoms with E-state index < -0.39 is 6.36 Å². The zero-order valence-corrected chi connectivity index (χ0v) is 14.6. The summed E-state index contributed by atoms with van der Waals surface area (Å²) in [7, 11) is 0. The molecule has 8 heteroatoms. The lowest BCUT2D eigenvalue weighted by Crippen LogP contribution is -2.41. The maximum Gasteiger partial charge on any atom is 0.573 e. The number of halogens is 3. The van der Waals surface area contributed by atoms with E-state index in [0.717, 1.165) is 39.4 Å². The molecule has 1 aromatic carbocycles. The van der Waals surface area contributed by atoms with Gasteiger partial charge in [-0.1, -0.05) is 18.2 Å². The minimum Gasteiger partial charge on any atom is -0.405 e. The molecule has 0 aromatic heterocycles. The quantitative estimate of drug-likeness (QED) is 0.825. The molecule has 3 rings (SSSR count). The topological polar surface area (TPSA) is 45.2 Å². The number of rotatable bonds is 6. The molecular formula is C18H25F3N2O3. The van der Waals surface area contributed by atoms with Gasteiger partial charge < -0.3 is 14.6 Å². The first-order chi connectivity index (χ1) is 12.4. The van der Waals surface area contributed by atoms with Crippen LogP contribution in [-0.4, -0.2) is 73.8 Å². The number of nitrogens with zero attached hydrogens (tertiary/aromatic N) is 2. The standard InChI is InChI=1S/C18H25F3N2O3/c19-18(20,21)26-17-4-2-1-3-14(17)9-23-11-15(16(12-23)13-24)10-22-5-7-25-8-6-22/h1-4,15-16,24H,5-13H2/t15-,16-/m0/s1. The Morgan fingerprint density at radius 2 is 1.77 bits per heavy atom. The van der Waals surface area contributed by atoms with E-state index >= 15 is 0 Å². The van der Waals surface area contributed by atoms with E-state index in [4.69, 9.17) is 4.74 Å². The monoisotopic (exact) mass is 374 g/mol. The molecule has 1 N–H and O–H groups in total. The number of alkyl halides is 3. The van der Waals surface area contributed by atoms with Gasteiger partial charge in [-0.05, 0) is 17.9 Å². The number of aliphatic hydroxyl groups is 1. The summed E-state index contributed by atoms with van der Waals surface area (Å²) in [4.78, 5) is 4.44. The highest BCUT2D eigenvalue weighted by atomic mass is 19.4. The van der Waals surface area contributed by atoms with Crippen LogP contribution in [0.25, 0.3) is 0 Å². The van der Waals surface area contributed by atoms with Gasteiger partial charge in [-0.3, -0.25) is 9.80 Å². The lowest BCUT2D eigenvalue weighted by molar-refractivity contribution is -0.275. The van der Waals surface area contributed by atoms with Gasteiger partial charge in [-0.15, -0.1) is 13.2 Å². The number of ether oxygens (including phenoxy) is 2. The number of hydrogen-bond acceptors (Lipinski definition) is 5. The molecule has 0 unspecified atom stereocenters. The molecule has 146 valence electrons. The van der Waals surface area contributed by atoms with Crippen molar-refractivity contribution in [2.75, 3.05) is 52.5 Å². The molecule has 0 aliphatic carbocycles. The van der Waals surface area contributed by atoms with Crippen molar-refractivity contribution in [3.05, 3.63) is 29.8 Å². The van der Waals surface area contributed by atoms with Crippen molar-refractivity contribution in [2.24, 2.45) is 11.8 Å². The fraction of sp³-hybridized carbons (Fsp3) is 0.667. The van der Waals surface area contributed by atoms with Gasteiger partial charge in [0.05, 0.1) is 13.2 Å². The van der Waals surface area contributed by atoms with Crippen LogP contribution in [0.4, 0.5) is 13.2 Å². The number of likely N-dealkylation sites (tertiary alicyclic amines) is 1. The van der Waals surface area contributed by atoms with Crippen LogP contribution < -0.4 is 4.74 Å². The minimum atomic E-state index is -4.70. The van der Waals surface area contributed by atoms with Crippen molar-refractivity contribution in [1.29, 1.82) is 0 Å². The molecule has 26 heavy (non-hydrogen) atoms. The van der Waals surface area contributed by atoms with Crippen LogP contribution >= 0.6 is 0 Å². The third-order valence-corrected chi connectivity index (χ3v) is 5.08. The van der Waals surface area contributed by atoms with Gasteiger partial charge in [-0.25, -0.2) is 0 Å². The number of morpholine rings is 1. The summed E-state index contributed by atoms with van der Waals surface area (Å²) >= 11 is 0. The molecule has 0 amide bonds. The molecule has 0 spiro atoms.